The zero-order chi connectivity index (χ0) is 13.1. The van der Waals surface area contributed by atoms with E-state index < -0.39 is 12.1 Å². The van der Waals surface area contributed by atoms with Crippen molar-refractivity contribution in [2.45, 2.75) is 19.4 Å². The third-order valence-corrected chi connectivity index (χ3v) is 2.81. The number of carbonyl (C=O) groups is 1. The van der Waals surface area contributed by atoms with E-state index in [1.165, 1.54) is 0 Å². The van der Waals surface area contributed by atoms with Gasteiger partial charge in [0.15, 0.2) is 6.10 Å². The minimum absolute atomic E-state index is 0.157. The fourth-order valence-corrected chi connectivity index (χ4v) is 1.87. The standard InChI is InChI=1S/C13H16N2O3/c1-3-18-13(17)11(16)8-12-14-9-6-4-5-7-10(9)15(12)2/h4-7,11,16H,3,8H2,1-2H3. The van der Waals surface area contributed by atoms with Crippen molar-refractivity contribution in [3.05, 3.63) is 30.1 Å². The van der Waals surface area contributed by atoms with Crippen LogP contribution in [-0.2, 0) is 23.0 Å². The number of carbonyl (C=O) groups excluding carboxylic acids is 1. The van der Waals surface area contributed by atoms with Gasteiger partial charge in [-0.1, -0.05) is 12.1 Å². The summed E-state index contributed by atoms with van der Waals surface area (Å²) in [4.78, 5) is 15.8. The van der Waals surface area contributed by atoms with E-state index in [1.54, 1.807) is 6.92 Å². The van der Waals surface area contributed by atoms with Crippen LogP contribution in [0.5, 0.6) is 0 Å². The fourth-order valence-electron chi connectivity index (χ4n) is 1.87. The van der Waals surface area contributed by atoms with E-state index in [4.69, 9.17) is 4.74 Å². The molecule has 0 spiro atoms. The summed E-state index contributed by atoms with van der Waals surface area (Å²) in [5.74, 6) is 0.0568. The van der Waals surface area contributed by atoms with Crippen LogP contribution in [0.4, 0.5) is 0 Å². The highest BCUT2D eigenvalue weighted by Gasteiger charge is 2.19. The second-order valence-corrected chi connectivity index (χ2v) is 4.05. The lowest BCUT2D eigenvalue weighted by Gasteiger charge is -2.09. The van der Waals surface area contributed by atoms with E-state index in [0.717, 1.165) is 11.0 Å². The first kappa shape index (κ1) is 12.6. The van der Waals surface area contributed by atoms with Crippen LogP contribution in [0.1, 0.15) is 12.7 Å². The molecule has 0 aliphatic rings. The number of esters is 1. The average Bonchev–Trinajstić information content (AvgIpc) is 2.67. The van der Waals surface area contributed by atoms with Crippen LogP contribution in [0.2, 0.25) is 0 Å². The van der Waals surface area contributed by atoms with Crippen LogP contribution in [0.15, 0.2) is 24.3 Å². The third kappa shape index (κ3) is 2.36. The van der Waals surface area contributed by atoms with Crippen molar-refractivity contribution in [2.24, 2.45) is 7.05 Å². The summed E-state index contributed by atoms with van der Waals surface area (Å²) in [6.45, 7) is 1.97. The molecule has 1 heterocycles. The monoisotopic (exact) mass is 248 g/mol. The molecule has 2 rings (SSSR count). The number of hydrogen-bond donors (Lipinski definition) is 1. The van der Waals surface area contributed by atoms with Gasteiger partial charge in [0, 0.05) is 13.5 Å². The maximum absolute atomic E-state index is 11.4. The minimum Gasteiger partial charge on any atom is -0.464 e. The lowest BCUT2D eigenvalue weighted by molar-refractivity contribution is -0.152. The van der Waals surface area contributed by atoms with Crippen LogP contribution in [0, 0.1) is 0 Å². The van der Waals surface area contributed by atoms with E-state index in [2.05, 4.69) is 4.98 Å². The fraction of sp³-hybridized carbons (Fsp3) is 0.385. The summed E-state index contributed by atoms with van der Waals surface area (Å²) in [6, 6.07) is 7.68. The van der Waals surface area contributed by atoms with E-state index in [-0.39, 0.29) is 13.0 Å². The number of nitrogens with zero attached hydrogens (tertiary/aromatic N) is 2. The first-order chi connectivity index (χ1) is 8.63. The van der Waals surface area contributed by atoms with Crippen LogP contribution >= 0.6 is 0 Å². The van der Waals surface area contributed by atoms with Crippen molar-refractivity contribution >= 4 is 17.0 Å². The Morgan fingerprint density at radius 1 is 1.50 bits per heavy atom. The van der Waals surface area contributed by atoms with Crippen molar-refractivity contribution < 1.29 is 14.6 Å². The number of aliphatic hydroxyl groups excluding tert-OH is 1. The van der Waals surface area contributed by atoms with Gasteiger partial charge >= 0.3 is 5.97 Å². The predicted octanol–water partition coefficient (Wildman–Crippen LogP) is 1.04. The Kier molecular flexibility index (Phi) is 3.62. The SMILES string of the molecule is CCOC(=O)C(O)Cc1nc2ccccc2n1C. The van der Waals surface area contributed by atoms with E-state index >= 15 is 0 Å². The number of para-hydroxylation sites is 2. The largest absolute Gasteiger partial charge is 0.464 e. The molecular formula is C13H16N2O3. The number of imidazole rings is 1. The lowest BCUT2D eigenvalue weighted by Crippen LogP contribution is -2.26. The first-order valence-corrected chi connectivity index (χ1v) is 5.88. The van der Waals surface area contributed by atoms with Crippen molar-refractivity contribution in [1.82, 2.24) is 9.55 Å². The zero-order valence-electron chi connectivity index (χ0n) is 10.5. The molecule has 0 saturated carbocycles. The molecule has 0 saturated heterocycles. The maximum atomic E-state index is 11.4. The van der Waals surface area contributed by atoms with Crippen LogP contribution < -0.4 is 0 Å². The molecule has 1 aromatic carbocycles. The summed E-state index contributed by atoms with van der Waals surface area (Å²) < 4.78 is 6.64. The number of aromatic nitrogens is 2. The van der Waals surface area contributed by atoms with Gasteiger partial charge in [-0.25, -0.2) is 9.78 Å². The molecule has 2 aromatic rings. The Morgan fingerprint density at radius 3 is 2.89 bits per heavy atom. The molecule has 96 valence electrons. The summed E-state index contributed by atoms with van der Waals surface area (Å²) in [6.07, 6.45) is -1.01. The molecule has 0 amide bonds. The third-order valence-electron chi connectivity index (χ3n) is 2.81. The number of ether oxygens (including phenoxy) is 1. The number of benzene rings is 1. The second kappa shape index (κ2) is 5.18. The van der Waals surface area contributed by atoms with Gasteiger partial charge in [0.2, 0.25) is 0 Å². The molecule has 5 heteroatoms. The van der Waals surface area contributed by atoms with Gasteiger partial charge < -0.3 is 14.4 Å². The summed E-state index contributed by atoms with van der Waals surface area (Å²) in [7, 11) is 1.86. The smallest absolute Gasteiger partial charge is 0.335 e. The van der Waals surface area contributed by atoms with Crippen molar-refractivity contribution in [2.75, 3.05) is 6.61 Å². The molecule has 1 unspecified atom stereocenters. The topological polar surface area (TPSA) is 64.3 Å². The highest BCUT2D eigenvalue weighted by Crippen LogP contribution is 2.15. The molecule has 0 fully saturated rings. The minimum atomic E-state index is -1.17. The Labute approximate surface area is 105 Å². The average molecular weight is 248 g/mol. The number of aryl methyl sites for hydroxylation is 1. The van der Waals surface area contributed by atoms with Gasteiger partial charge in [0.1, 0.15) is 5.82 Å². The number of aliphatic hydroxyl groups is 1. The molecule has 0 bridgehead atoms. The van der Waals surface area contributed by atoms with Crippen LogP contribution in [-0.4, -0.2) is 33.3 Å². The molecule has 5 nitrogen and oxygen atoms in total. The van der Waals surface area contributed by atoms with Gasteiger partial charge in [-0.15, -0.1) is 0 Å². The quantitative estimate of drug-likeness (QED) is 0.821. The Balaban J connectivity index is 2.21. The molecule has 1 aromatic heterocycles. The van der Waals surface area contributed by atoms with Gasteiger partial charge in [-0.2, -0.15) is 0 Å². The lowest BCUT2D eigenvalue weighted by atomic mass is 10.2. The normalized spacial score (nSPS) is 12.6. The van der Waals surface area contributed by atoms with Crippen molar-refractivity contribution in [3.63, 3.8) is 0 Å². The van der Waals surface area contributed by atoms with Gasteiger partial charge in [0.25, 0.3) is 0 Å². The van der Waals surface area contributed by atoms with Crippen LogP contribution in [0.25, 0.3) is 11.0 Å². The number of hydrogen-bond acceptors (Lipinski definition) is 4. The summed E-state index contributed by atoms with van der Waals surface area (Å²) >= 11 is 0. The Hall–Kier alpha value is -1.88. The zero-order valence-corrected chi connectivity index (χ0v) is 10.5. The molecule has 0 aliphatic carbocycles. The molecule has 1 N–H and O–H groups in total. The van der Waals surface area contributed by atoms with Crippen molar-refractivity contribution in [3.8, 4) is 0 Å². The van der Waals surface area contributed by atoms with Gasteiger partial charge in [-0.05, 0) is 19.1 Å². The van der Waals surface area contributed by atoms with E-state index in [0.29, 0.717) is 5.82 Å². The molecule has 18 heavy (non-hydrogen) atoms. The first-order valence-electron chi connectivity index (χ1n) is 5.88. The van der Waals surface area contributed by atoms with Gasteiger partial charge in [0.05, 0.1) is 17.6 Å². The number of fused-ring (bicyclic) bond motifs is 1. The van der Waals surface area contributed by atoms with Crippen LogP contribution in [0.3, 0.4) is 0 Å². The van der Waals surface area contributed by atoms with Gasteiger partial charge in [-0.3, -0.25) is 0 Å². The summed E-state index contributed by atoms with van der Waals surface area (Å²) in [5.41, 5.74) is 1.83. The predicted molar refractivity (Wildman–Crippen MR) is 67.1 cm³/mol. The van der Waals surface area contributed by atoms with E-state index in [9.17, 15) is 9.90 Å². The Bertz CT molecular complexity index is 562. The van der Waals surface area contributed by atoms with E-state index in [1.807, 2.05) is 35.9 Å². The summed E-state index contributed by atoms with van der Waals surface area (Å²) in [5, 5.41) is 9.72. The molecule has 0 aliphatic heterocycles. The maximum Gasteiger partial charge on any atom is 0.335 e. The molecule has 0 radical (unpaired) electrons. The number of rotatable bonds is 4. The second-order valence-electron chi connectivity index (χ2n) is 4.05. The van der Waals surface area contributed by atoms with Crippen molar-refractivity contribution in [1.29, 1.82) is 0 Å². The highest BCUT2D eigenvalue weighted by atomic mass is 16.5. The Morgan fingerprint density at radius 2 is 2.22 bits per heavy atom. The molecular weight excluding hydrogens is 232 g/mol. The highest BCUT2D eigenvalue weighted by molar-refractivity contribution is 5.77. The molecule has 1 atom stereocenters.